The fourth-order valence-corrected chi connectivity index (χ4v) is 5.36. The summed E-state index contributed by atoms with van der Waals surface area (Å²) in [6, 6.07) is 22.0. The maximum atomic E-state index is 13.7. The number of hydrogen-bond acceptors (Lipinski definition) is 3. The molecule has 2 atom stereocenters. The van der Waals surface area contributed by atoms with Crippen LogP contribution in [0.25, 0.3) is 0 Å². The van der Waals surface area contributed by atoms with Crippen molar-refractivity contribution in [3.8, 4) is 0 Å². The van der Waals surface area contributed by atoms with Gasteiger partial charge in [0.1, 0.15) is 6.04 Å². The number of nitrogens with zero attached hydrogens (tertiary/aromatic N) is 1. The predicted molar refractivity (Wildman–Crippen MR) is 160 cm³/mol. The zero-order chi connectivity index (χ0) is 27.5. The van der Waals surface area contributed by atoms with Crippen molar-refractivity contribution >= 4 is 58.4 Å². The predicted octanol–water partition coefficient (Wildman–Crippen LogP) is 8.07. The van der Waals surface area contributed by atoms with Crippen LogP contribution >= 0.6 is 46.6 Å². The molecule has 0 saturated heterocycles. The summed E-state index contributed by atoms with van der Waals surface area (Å²) in [6.45, 7) is 4.20. The highest BCUT2D eigenvalue weighted by molar-refractivity contribution is 7.99. The highest BCUT2D eigenvalue weighted by atomic mass is 35.5. The van der Waals surface area contributed by atoms with E-state index in [-0.39, 0.29) is 24.4 Å². The van der Waals surface area contributed by atoms with Gasteiger partial charge in [0.15, 0.2) is 0 Å². The Kier molecular flexibility index (Phi) is 12.3. The Morgan fingerprint density at radius 3 is 2.29 bits per heavy atom. The van der Waals surface area contributed by atoms with E-state index in [1.54, 1.807) is 28.8 Å². The van der Waals surface area contributed by atoms with Crippen molar-refractivity contribution in [2.45, 2.75) is 63.1 Å². The molecule has 0 aromatic heterocycles. The molecule has 0 spiro atoms. The summed E-state index contributed by atoms with van der Waals surface area (Å²) < 4.78 is 0. The summed E-state index contributed by atoms with van der Waals surface area (Å²) in [5.74, 6) is 0.510. The Morgan fingerprint density at radius 1 is 0.947 bits per heavy atom. The van der Waals surface area contributed by atoms with Crippen molar-refractivity contribution in [3.05, 3.63) is 99.0 Å². The largest absolute Gasteiger partial charge is 0.352 e. The van der Waals surface area contributed by atoms with E-state index in [2.05, 4.69) is 5.32 Å². The fraction of sp³-hybridized carbons (Fsp3) is 0.333. The van der Waals surface area contributed by atoms with Crippen LogP contribution in [-0.2, 0) is 22.6 Å². The lowest BCUT2D eigenvalue weighted by Gasteiger charge is -2.32. The number of hydrogen-bond donors (Lipinski definition) is 1. The summed E-state index contributed by atoms with van der Waals surface area (Å²) in [6.07, 6.45) is 2.18. The van der Waals surface area contributed by atoms with Gasteiger partial charge < -0.3 is 10.2 Å². The van der Waals surface area contributed by atoms with Gasteiger partial charge in [-0.15, -0.1) is 11.8 Å². The molecule has 0 aliphatic carbocycles. The number of amides is 2. The summed E-state index contributed by atoms with van der Waals surface area (Å²) >= 11 is 20.3. The van der Waals surface area contributed by atoms with E-state index in [0.29, 0.717) is 34.3 Å². The minimum atomic E-state index is -0.686. The first-order valence-corrected chi connectivity index (χ1v) is 14.8. The van der Waals surface area contributed by atoms with E-state index in [0.717, 1.165) is 28.2 Å². The highest BCUT2D eigenvalue weighted by Crippen LogP contribution is 2.26. The molecule has 38 heavy (non-hydrogen) atoms. The van der Waals surface area contributed by atoms with Gasteiger partial charge in [-0.3, -0.25) is 9.59 Å². The highest BCUT2D eigenvalue weighted by Gasteiger charge is 2.31. The molecule has 0 fully saturated rings. The first kappa shape index (κ1) is 30.4. The molecule has 0 saturated carbocycles. The van der Waals surface area contributed by atoms with Crippen LogP contribution in [0.4, 0.5) is 0 Å². The van der Waals surface area contributed by atoms with Gasteiger partial charge >= 0.3 is 0 Å². The van der Waals surface area contributed by atoms with Crippen LogP contribution in [0.1, 0.15) is 44.2 Å². The van der Waals surface area contributed by atoms with Crippen molar-refractivity contribution in [2.75, 3.05) is 5.75 Å². The lowest BCUT2D eigenvalue weighted by atomic mass is 10.0. The maximum Gasteiger partial charge on any atom is 0.243 e. The monoisotopic (exact) mass is 590 g/mol. The van der Waals surface area contributed by atoms with Gasteiger partial charge in [0.05, 0.1) is 0 Å². The van der Waals surface area contributed by atoms with Crippen LogP contribution in [0.2, 0.25) is 15.1 Å². The number of carbonyl (C=O) groups excluding carboxylic acids is 2. The normalized spacial score (nSPS) is 12.6. The zero-order valence-corrected chi connectivity index (χ0v) is 24.7. The van der Waals surface area contributed by atoms with Crippen LogP contribution in [-0.4, -0.2) is 34.6 Å². The van der Waals surface area contributed by atoms with Crippen molar-refractivity contribution in [1.29, 1.82) is 0 Å². The Balaban J connectivity index is 1.82. The molecule has 2 unspecified atom stereocenters. The van der Waals surface area contributed by atoms with Gasteiger partial charge in [-0.2, -0.15) is 0 Å². The van der Waals surface area contributed by atoms with Crippen molar-refractivity contribution in [3.63, 3.8) is 0 Å². The standard InChI is InChI=1S/C30H33Cl3N2O2S/c1-3-21(2)34-30(37)28(18-22-8-5-4-6-9-22)35(20-23-11-12-25(32)19-27(23)33)29(36)10-7-17-38-26-15-13-24(31)14-16-26/h4-6,8-9,11-16,19,21,28H,3,7,10,17-18,20H2,1-2H3,(H,34,37). The van der Waals surface area contributed by atoms with Gasteiger partial charge in [0.2, 0.25) is 11.8 Å². The molecule has 3 aromatic carbocycles. The number of halogens is 3. The lowest BCUT2D eigenvalue weighted by Crippen LogP contribution is -2.52. The SMILES string of the molecule is CCC(C)NC(=O)C(Cc1ccccc1)N(Cc1ccc(Cl)cc1Cl)C(=O)CCCSc1ccc(Cl)cc1. The molecular formula is C30H33Cl3N2O2S. The van der Waals surface area contributed by atoms with Gasteiger partial charge in [0.25, 0.3) is 0 Å². The van der Waals surface area contributed by atoms with E-state index in [1.807, 2.05) is 74.5 Å². The van der Waals surface area contributed by atoms with Crippen LogP contribution in [0, 0.1) is 0 Å². The van der Waals surface area contributed by atoms with Gasteiger partial charge in [-0.05, 0) is 73.0 Å². The number of thioether (sulfide) groups is 1. The minimum Gasteiger partial charge on any atom is -0.352 e. The van der Waals surface area contributed by atoms with E-state index in [1.165, 1.54) is 0 Å². The molecule has 1 N–H and O–H groups in total. The Morgan fingerprint density at radius 2 is 1.63 bits per heavy atom. The van der Waals surface area contributed by atoms with Gasteiger partial charge in [-0.1, -0.05) is 78.1 Å². The number of rotatable bonds is 13. The van der Waals surface area contributed by atoms with E-state index >= 15 is 0 Å². The zero-order valence-electron chi connectivity index (χ0n) is 21.6. The molecule has 0 radical (unpaired) electrons. The summed E-state index contributed by atoms with van der Waals surface area (Å²) in [5.41, 5.74) is 1.73. The average molecular weight is 592 g/mol. The lowest BCUT2D eigenvalue weighted by molar-refractivity contribution is -0.141. The second-order valence-corrected chi connectivity index (χ2v) is 11.6. The van der Waals surface area contributed by atoms with Crippen molar-refractivity contribution in [2.24, 2.45) is 0 Å². The third-order valence-electron chi connectivity index (χ3n) is 6.25. The maximum absolute atomic E-state index is 13.7. The summed E-state index contributed by atoms with van der Waals surface area (Å²) in [4.78, 5) is 30.1. The number of benzene rings is 3. The fourth-order valence-electron chi connectivity index (χ4n) is 3.92. The van der Waals surface area contributed by atoms with E-state index < -0.39 is 6.04 Å². The van der Waals surface area contributed by atoms with Crippen LogP contribution in [0.5, 0.6) is 0 Å². The molecule has 2 amide bonds. The number of carbonyl (C=O) groups is 2. The average Bonchev–Trinajstić information content (AvgIpc) is 2.91. The molecule has 8 heteroatoms. The Bertz CT molecular complexity index is 1190. The first-order valence-electron chi connectivity index (χ1n) is 12.7. The molecule has 3 rings (SSSR count). The second kappa shape index (κ2) is 15.4. The Hall–Kier alpha value is -2.18. The molecule has 3 aromatic rings. The van der Waals surface area contributed by atoms with Crippen LogP contribution in [0.15, 0.2) is 77.7 Å². The molecule has 0 heterocycles. The first-order chi connectivity index (χ1) is 18.3. The van der Waals surface area contributed by atoms with Crippen molar-refractivity contribution < 1.29 is 9.59 Å². The van der Waals surface area contributed by atoms with Gasteiger partial charge in [0, 0.05) is 45.4 Å². The quantitative estimate of drug-likeness (QED) is 0.161. The van der Waals surface area contributed by atoms with Crippen molar-refractivity contribution in [1.82, 2.24) is 10.2 Å². The second-order valence-electron chi connectivity index (χ2n) is 9.19. The van der Waals surface area contributed by atoms with Crippen LogP contribution < -0.4 is 5.32 Å². The summed E-state index contributed by atoms with van der Waals surface area (Å²) in [7, 11) is 0. The Labute approximate surface area is 245 Å². The topological polar surface area (TPSA) is 49.4 Å². The molecule has 0 bridgehead atoms. The summed E-state index contributed by atoms with van der Waals surface area (Å²) in [5, 5.41) is 4.77. The third kappa shape index (κ3) is 9.53. The van der Waals surface area contributed by atoms with Crippen LogP contribution in [0.3, 0.4) is 0 Å². The minimum absolute atomic E-state index is 0.00683. The molecule has 202 valence electrons. The molecular weight excluding hydrogens is 559 g/mol. The van der Waals surface area contributed by atoms with E-state index in [4.69, 9.17) is 34.8 Å². The van der Waals surface area contributed by atoms with E-state index in [9.17, 15) is 9.59 Å². The molecule has 0 aliphatic heterocycles. The molecule has 0 aliphatic rings. The number of nitrogens with one attached hydrogen (secondary N) is 1. The molecule has 4 nitrogen and oxygen atoms in total. The third-order valence-corrected chi connectivity index (χ3v) is 8.18. The smallest absolute Gasteiger partial charge is 0.243 e. The van der Waals surface area contributed by atoms with Gasteiger partial charge in [-0.25, -0.2) is 0 Å².